The molecule has 2 heterocycles. The number of alkyl halides is 3. The molecule has 2 aliphatic heterocycles. The average molecular weight is 334 g/mol. The second-order valence-electron chi connectivity index (χ2n) is 5.69. The fourth-order valence-electron chi connectivity index (χ4n) is 3.03. The van der Waals surface area contributed by atoms with Crippen molar-refractivity contribution in [3.8, 4) is 11.5 Å². The Morgan fingerprint density at radius 3 is 2.54 bits per heavy atom. The van der Waals surface area contributed by atoms with Crippen LogP contribution in [0.3, 0.4) is 0 Å². The van der Waals surface area contributed by atoms with Crippen LogP contribution in [-0.4, -0.2) is 13.0 Å². The fraction of sp³-hybridized carbons (Fsp3) is 0.222. The summed E-state index contributed by atoms with van der Waals surface area (Å²) in [5, 5.41) is 0. The summed E-state index contributed by atoms with van der Waals surface area (Å²) in [4.78, 5) is 0. The lowest BCUT2D eigenvalue weighted by Crippen LogP contribution is -2.26. The maximum Gasteiger partial charge on any atom is 0.573 e. The lowest BCUT2D eigenvalue weighted by molar-refractivity contribution is -0.274. The molecule has 2 aromatic rings. The summed E-state index contributed by atoms with van der Waals surface area (Å²) < 4.78 is 52.4. The third-order valence-corrected chi connectivity index (χ3v) is 4.10. The van der Waals surface area contributed by atoms with Gasteiger partial charge >= 0.3 is 6.36 Å². The van der Waals surface area contributed by atoms with E-state index in [1.807, 2.05) is 36.4 Å². The van der Waals surface area contributed by atoms with Crippen molar-refractivity contribution in [1.82, 2.24) is 0 Å². The number of ether oxygens (including phenoxy) is 3. The van der Waals surface area contributed by atoms with Gasteiger partial charge in [-0.3, -0.25) is 0 Å². The number of hydrogen-bond donors (Lipinski definition) is 0. The van der Waals surface area contributed by atoms with E-state index in [0.29, 0.717) is 6.61 Å². The molecule has 2 aromatic carbocycles. The molecule has 0 bridgehead atoms. The number of halogens is 3. The molecule has 2 atom stereocenters. The van der Waals surface area contributed by atoms with Crippen molar-refractivity contribution in [1.29, 1.82) is 0 Å². The van der Waals surface area contributed by atoms with Crippen molar-refractivity contribution >= 4 is 0 Å². The third kappa shape index (κ3) is 2.63. The number of benzene rings is 2. The van der Waals surface area contributed by atoms with E-state index in [1.54, 1.807) is 12.1 Å². The minimum atomic E-state index is -4.69. The summed E-state index contributed by atoms with van der Waals surface area (Å²) >= 11 is 0. The maximum absolute atomic E-state index is 12.2. The monoisotopic (exact) mass is 334 g/mol. The molecule has 2 aliphatic rings. The minimum absolute atomic E-state index is 0.252. The zero-order valence-corrected chi connectivity index (χ0v) is 12.4. The average Bonchev–Trinajstić information content (AvgIpc) is 3.13. The van der Waals surface area contributed by atoms with E-state index in [0.717, 1.165) is 16.9 Å². The van der Waals surface area contributed by atoms with Gasteiger partial charge in [0.1, 0.15) is 29.8 Å². The Hall–Kier alpha value is -2.47. The molecule has 1 spiro atoms. The third-order valence-electron chi connectivity index (χ3n) is 4.10. The molecule has 0 amide bonds. The largest absolute Gasteiger partial charge is 0.573 e. The zero-order valence-electron chi connectivity index (χ0n) is 12.4. The van der Waals surface area contributed by atoms with Crippen LogP contribution in [-0.2, 0) is 10.3 Å². The van der Waals surface area contributed by atoms with Crippen LogP contribution in [0.4, 0.5) is 13.2 Å². The molecule has 0 saturated carbocycles. The van der Waals surface area contributed by atoms with E-state index in [9.17, 15) is 13.2 Å². The van der Waals surface area contributed by atoms with Crippen molar-refractivity contribution in [3.05, 3.63) is 71.8 Å². The molecule has 0 unspecified atom stereocenters. The van der Waals surface area contributed by atoms with Crippen LogP contribution >= 0.6 is 0 Å². The van der Waals surface area contributed by atoms with Gasteiger partial charge in [-0.2, -0.15) is 0 Å². The Labute approximate surface area is 136 Å². The second-order valence-corrected chi connectivity index (χ2v) is 5.69. The molecular formula is C18H13F3O3. The first-order valence-corrected chi connectivity index (χ1v) is 7.40. The van der Waals surface area contributed by atoms with Crippen LogP contribution in [0.15, 0.2) is 60.7 Å². The first-order valence-electron chi connectivity index (χ1n) is 7.40. The summed E-state index contributed by atoms with van der Waals surface area (Å²) in [6.07, 6.45) is -1.20. The highest BCUT2D eigenvalue weighted by Crippen LogP contribution is 2.47. The summed E-state index contributed by atoms with van der Waals surface area (Å²) in [6.45, 7) is 0.384. The van der Waals surface area contributed by atoms with Crippen LogP contribution in [0.2, 0.25) is 0 Å². The van der Waals surface area contributed by atoms with Gasteiger partial charge in [-0.1, -0.05) is 36.4 Å². The maximum atomic E-state index is 12.2. The molecular weight excluding hydrogens is 321 g/mol. The minimum Gasteiger partial charge on any atom is -0.489 e. The van der Waals surface area contributed by atoms with Crippen molar-refractivity contribution in [2.75, 3.05) is 6.61 Å². The van der Waals surface area contributed by atoms with E-state index in [4.69, 9.17) is 9.47 Å². The van der Waals surface area contributed by atoms with Crippen LogP contribution < -0.4 is 9.47 Å². The van der Waals surface area contributed by atoms with Gasteiger partial charge in [-0.25, -0.2) is 0 Å². The van der Waals surface area contributed by atoms with Crippen LogP contribution in [0.1, 0.15) is 17.2 Å². The number of rotatable bonds is 2. The van der Waals surface area contributed by atoms with E-state index in [1.165, 1.54) is 12.1 Å². The van der Waals surface area contributed by atoms with Crippen LogP contribution in [0, 0.1) is 0 Å². The van der Waals surface area contributed by atoms with Gasteiger partial charge in [0.15, 0.2) is 0 Å². The molecule has 124 valence electrons. The highest BCUT2D eigenvalue weighted by atomic mass is 19.4. The van der Waals surface area contributed by atoms with Gasteiger partial charge in [-0.05, 0) is 29.8 Å². The van der Waals surface area contributed by atoms with Gasteiger partial charge < -0.3 is 14.2 Å². The summed E-state index contributed by atoms with van der Waals surface area (Å²) in [6, 6.07) is 13.4. The van der Waals surface area contributed by atoms with Crippen molar-refractivity contribution in [2.45, 2.75) is 18.1 Å². The van der Waals surface area contributed by atoms with E-state index < -0.39 is 12.0 Å². The van der Waals surface area contributed by atoms with Gasteiger partial charge in [0.2, 0.25) is 0 Å². The lowest BCUT2D eigenvalue weighted by Gasteiger charge is -2.23. The quantitative estimate of drug-likeness (QED) is 0.757. The number of para-hydroxylation sites is 1. The zero-order chi connectivity index (χ0) is 16.8. The van der Waals surface area contributed by atoms with Crippen LogP contribution in [0.5, 0.6) is 11.5 Å². The topological polar surface area (TPSA) is 27.7 Å². The number of hydrogen-bond acceptors (Lipinski definition) is 3. The predicted octanol–water partition coefficient (Wildman–Crippen LogP) is 4.50. The van der Waals surface area contributed by atoms with Gasteiger partial charge in [0.25, 0.3) is 0 Å². The Morgan fingerprint density at radius 1 is 1.04 bits per heavy atom. The van der Waals surface area contributed by atoms with Crippen molar-refractivity contribution < 1.29 is 27.4 Å². The molecule has 0 aromatic heterocycles. The summed E-state index contributed by atoms with van der Waals surface area (Å²) in [7, 11) is 0. The molecule has 0 saturated heterocycles. The molecule has 3 nitrogen and oxygen atoms in total. The molecule has 0 radical (unpaired) electrons. The summed E-state index contributed by atoms with van der Waals surface area (Å²) in [5.74, 6) is 0.536. The number of fused-ring (bicyclic) bond motifs is 2. The van der Waals surface area contributed by atoms with Gasteiger partial charge in [-0.15, -0.1) is 13.2 Å². The predicted molar refractivity (Wildman–Crippen MR) is 79.7 cm³/mol. The van der Waals surface area contributed by atoms with Crippen LogP contribution in [0.25, 0.3) is 0 Å². The first-order chi connectivity index (χ1) is 11.5. The van der Waals surface area contributed by atoms with Gasteiger partial charge in [0, 0.05) is 5.56 Å². The normalized spacial score (nSPS) is 24.9. The SMILES string of the molecule is FC(F)(F)Oc1ccc([C@H]2C=C[C@@]3(COc4ccccc43)O2)cc1. The van der Waals surface area contributed by atoms with E-state index >= 15 is 0 Å². The lowest BCUT2D eigenvalue weighted by atomic mass is 9.97. The molecule has 0 fully saturated rings. The molecule has 6 heteroatoms. The first kappa shape index (κ1) is 15.1. The highest BCUT2D eigenvalue weighted by Gasteiger charge is 2.44. The molecule has 0 aliphatic carbocycles. The molecule has 4 rings (SSSR count). The summed E-state index contributed by atoms with van der Waals surface area (Å²) in [5.41, 5.74) is 1.07. The Morgan fingerprint density at radius 2 is 1.79 bits per heavy atom. The Kier molecular flexibility index (Phi) is 3.31. The standard InChI is InChI=1S/C18H13F3O3/c19-18(20,21)23-13-7-5-12(6-8-13)15-9-10-17(24-15)11-22-16-4-2-1-3-14(16)17/h1-10,15H,11H2/t15-,17+/m1/s1. The van der Waals surface area contributed by atoms with Crippen molar-refractivity contribution in [3.63, 3.8) is 0 Å². The Balaban J connectivity index is 1.53. The molecule has 24 heavy (non-hydrogen) atoms. The Bertz CT molecular complexity index is 783. The van der Waals surface area contributed by atoms with Crippen molar-refractivity contribution in [2.24, 2.45) is 0 Å². The molecule has 0 N–H and O–H groups in total. The second kappa shape index (κ2) is 5.27. The highest BCUT2D eigenvalue weighted by molar-refractivity contribution is 5.46. The van der Waals surface area contributed by atoms with Gasteiger partial charge in [0.05, 0.1) is 0 Å². The van der Waals surface area contributed by atoms with E-state index in [-0.39, 0.29) is 11.9 Å². The smallest absolute Gasteiger partial charge is 0.489 e. The van der Waals surface area contributed by atoms with E-state index in [2.05, 4.69) is 4.74 Å². The fourth-order valence-corrected chi connectivity index (χ4v) is 3.03.